The summed E-state index contributed by atoms with van der Waals surface area (Å²) >= 11 is 1.45. The number of furan rings is 1. The minimum absolute atomic E-state index is 0.0123. The van der Waals surface area contributed by atoms with E-state index in [1.165, 1.54) is 16.7 Å². The Morgan fingerprint density at radius 3 is 2.55 bits per heavy atom. The van der Waals surface area contributed by atoms with Crippen molar-refractivity contribution in [2.24, 2.45) is 0 Å². The molecule has 2 heterocycles. The Morgan fingerprint density at radius 1 is 1.45 bits per heavy atom. The molecule has 0 saturated carbocycles. The van der Waals surface area contributed by atoms with Crippen LogP contribution < -0.4 is 0 Å². The van der Waals surface area contributed by atoms with Crippen molar-refractivity contribution in [2.45, 2.75) is 49.4 Å². The molecule has 1 aromatic rings. The van der Waals surface area contributed by atoms with Gasteiger partial charge in [0, 0.05) is 18.0 Å². The standard InChI is InChI=1S/C15H21NO5S/c1-10-11(5-6-20-10)22-15(7-12(17)18)8-16(9-15)13(19)21-14(2,3)4/h5-6H,7-9H2,1-4H3,(H,17,18). The van der Waals surface area contributed by atoms with Gasteiger partial charge in [0.25, 0.3) is 0 Å². The number of carboxylic acids is 1. The van der Waals surface area contributed by atoms with Crippen molar-refractivity contribution in [1.29, 1.82) is 0 Å². The predicted molar refractivity (Wildman–Crippen MR) is 82.1 cm³/mol. The molecule has 1 amide bonds. The van der Waals surface area contributed by atoms with E-state index in [0.717, 1.165) is 10.7 Å². The van der Waals surface area contributed by atoms with Gasteiger partial charge in [0.15, 0.2) is 0 Å². The van der Waals surface area contributed by atoms with Gasteiger partial charge >= 0.3 is 12.1 Å². The van der Waals surface area contributed by atoms with E-state index in [0.29, 0.717) is 13.1 Å². The Balaban J connectivity index is 2.04. The molecule has 1 aromatic heterocycles. The summed E-state index contributed by atoms with van der Waals surface area (Å²) in [5, 5.41) is 9.15. The third-order valence-corrected chi connectivity index (χ3v) is 4.70. The number of hydrogen-bond acceptors (Lipinski definition) is 5. The number of thioether (sulfide) groups is 1. The highest BCUT2D eigenvalue weighted by Gasteiger charge is 2.49. The summed E-state index contributed by atoms with van der Waals surface area (Å²) in [4.78, 5) is 25.6. The molecule has 7 heteroatoms. The van der Waals surface area contributed by atoms with Crippen LogP contribution in [0.3, 0.4) is 0 Å². The highest BCUT2D eigenvalue weighted by Crippen LogP contribution is 2.44. The molecule has 1 aliphatic rings. The number of amides is 1. The van der Waals surface area contributed by atoms with E-state index < -0.39 is 22.4 Å². The molecule has 0 atom stereocenters. The fourth-order valence-corrected chi connectivity index (χ4v) is 3.72. The maximum atomic E-state index is 12.0. The van der Waals surface area contributed by atoms with Gasteiger partial charge < -0.3 is 19.2 Å². The number of nitrogens with zero attached hydrogens (tertiary/aromatic N) is 1. The second-order valence-electron chi connectivity index (χ2n) is 6.53. The zero-order valence-electron chi connectivity index (χ0n) is 13.2. The third kappa shape index (κ3) is 3.97. The number of aryl methyl sites for hydroxylation is 1. The Morgan fingerprint density at radius 2 is 2.09 bits per heavy atom. The number of likely N-dealkylation sites (tertiary alicyclic amines) is 1. The normalized spacial score (nSPS) is 17.0. The quantitative estimate of drug-likeness (QED) is 0.915. The zero-order valence-corrected chi connectivity index (χ0v) is 14.0. The summed E-state index contributed by atoms with van der Waals surface area (Å²) < 4.78 is 10.0. The average molecular weight is 327 g/mol. The number of carbonyl (C=O) groups is 2. The lowest BCUT2D eigenvalue weighted by Gasteiger charge is -2.48. The van der Waals surface area contributed by atoms with Gasteiger partial charge in [-0.05, 0) is 33.8 Å². The van der Waals surface area contributed by atoms with Crippen LogP contribution in [0.15, 0.2) is 21.6 Å². The first kappa shape index (κ1) is 16.7. The Kier molecular flexibility index (Phi) is 4.47. The van der Waals surface area contributed by atoms with E-state index in [1.807, 2.05) is 13.0 Å². The van der Waals surface area contributed by atoms with Crippen molar-refractivity contribution in [3.63, 3.8) is 0 Å². The second-order valence-corrected chi connectivity index (χ2v) is 8.04. The van der Waals surface area contributed by atoms with Gasteiger partial charge in [0.1, 0.15) is 11.4 Å². The molecular formula is C15H21NO5S. The molecule has 0 unspecified atom stereocenters. The Hall–Kier alpha value is -1.63. The van der Waals surface area contributed by atoms with E-state index in [4.69, 9.17) is 14.3 Å². The molecule has 0 aliphatic carbocycles. The number of carboxylic acid groups (broad SMARTS) is 1. The second kappa shape index (κ2) is 5.87. The molecule has 122 valence electrons. The minimum Gasteiger partial charge on any atom is -0.481 e. The first-order valence-electron chi connectivity index (χ1n) is 7.03. The molecule has 22 heavy (non-hydrogen) atoms. The van der Waals surface area contributed by atoms with Gasteiger partial charge in [-0.2, -0.15) is 0 Å². The smallest absolute Gasteiger partial charge is 0.410 e. The van der Waals surface area contributed by atoms with E-state index in [9.17, 15) is 9.59 Å². The van der Waals surface area contributed by atoms with Crippen LogP contribution in [0, 0.1) is 6.92 Å². The van der Waals surface area contributed by atoms with Gasteiger partial charge in [-0.1, -0.05) is 0 Å². The minimum atomic E-state index is -0.877. The topological polar surface area (TPSA) is 80.0 Å². The van der Waals surface area contributed by atoms with Crippen molar-refractivity contribution >= 4 is 23.8 Å². The van der Waals surface area contributed by atoms with Crippen LogP contribution in [0.4, 0.5) is 4.79 Å². The van der Waals surface area contributed by atoms with Gasteiger partial charge in [0.2, 0.25) is 0 Å². The Labute approximate surface area is 133 Å². The lowest BCUT2D eigenvalue weighted by Crippen LogP contribution is -2.62. The monoisotopic (exact) mass is 327 g/mol. The van der Waals surface area contributed by atoms with Crippen LogP contribution in [0.25, 0.3) is 0 Å². The highest BCUT2D eigenvalue weighted by atomic mass is 32.2. The van der Waals surface area contributed by atoms with Gasteiger partial charge in [0.05, 0.1) is 17.4 Å². The van der Waals surface area contributed by atoms with Crippen LogP contribution in [0.5, 0.6) is 0 Å². The molecule has 0 aromatic carbocycles. The van der Waals surface area contributed by atoms with Crippen LogP contribution in [-0.4, -0.2) is 45.5 Å². The average Bonchev–Trinajstić information content (AvgIpc) is 2.67. The SMILES string of the molecule is Cc1occc1SC1(CC(=O)O)CN(C(=O)OC(C)(C)C)C1. The van der Waals surface area contributed by atoms with Crippen LogP contribution in [0.2, 0.25) is 0 Å². The first-order valence-corrected chi connectivity index (χ1v) is 7.85. The van der Waals surface area contributed by atoms with Gasteiger partial charge in [-0.3, -0.25) is 4.79 Å². The summed E-state index contributed by atoms with van der Waals surface area (Å²) in [7, 11) is 0. The van der Waals surface area contributed by atoms with E-state index in [2.05, 4.69) is 0 Å². The fourth-order valence-electron chi connectivity index (χ4n) is 2.31. The van der Waals surface area contributed by atoms with Crippen molar-refractivity contribution < 1.29 is 23.8 Å². The zero-order chi connectivity index (χ0) is 16.5. The van der Waals surface area contributed by atoms with Gasteiger partial charge in [-0.15, -0.1) is 11.8 Å². The van der Waals surface area contributed by atoms with Crippen LogP contribution in [0.1, 0.15) is 33.0 Å². The number of carbonyl (C=O) groups excluding carboxylic acids is 1. The van der Waals surface area contributed by atoms with Crippen molar-refractivity contribution in [1.82, 2.24) is 4.90 Å². The first-order chi connectivity index (χ1) is 10.1. The molecular weight excluding hydrogens is 306 g/mol. The van der Waals surface area contributed by atoms with Gasteiger partial charge in [-0.25, -0.2) is 4.79 Å². The number of ether oxygens (including phenoxy) is 1. The van der Waals surface area contributed by atoms with Crippen molar-refractivity contribution in [3.8, 4) is 0 Å². The molecule has 2 rings (SSSR count). The molecule has 0 radical (unpaired) electrons. The molecule has 0 bridgehead atoms. The highest BCUT2D eigenvalue weighted by molar-refractivity contribution is 8.00. The molecule has 1 N–H and O–H groups in total. The molecule has 6 nitrogen and oxygen atoms in total. The molecule has 1 fully saturated rings. The molecule has 1 saturated heterocycles. The summed E-state index contributed by atoms with van der Waals surface area (Å²) in [6.45, 7) is 7.95. The van der Waals surface area contributed by atoms with E-state index in [-0.39, 0.29) is 6.42 Å². The predicted octanol–water partition coefficient (Wildman–Crippen LogP) is 3.14. The maximum Gasteiger partial charge on any atom is 0.410 e. The van der Waals surface area contributed by atoms with Crippen molar-refractivity contribution in [3.05, 3.63) is 18.1 Å². The van der Waals surface area contributed by atoms with Crippen LogP contribution in [-0.2, 0) is 9.53 Å². The maximum absolute atomic E-state index is 12.0. The lowest BCUT2D eigenvalue weighted by atomic mass is 9.95. The summed E-state index contributed by atoms with van der Waals surface area (Å²) in [5.74, 6) is -0.122. The Bertz CT molecular complexity index is 569. The van der Waals surface area contributed by atoms with E-state index in [1.54, 1.807) is 27.0 Å². The number of hydrogen-bond donors (Lipinski definition) is 1. The van der Waals surface area contributed by atoms with Crippen molar-refractivity contribution in [2.75, 3.05) is 13.1 Å². The lowest BCUT2D eigenvalue weighted by molar-refractivity contribution is -0.138. The fraction of sp³-hybridized carbons (Fsp3) is 0.600. The molecule has 1 aliphatic heterocycles. The van der Waals surface area contributed by atoms with Crippen LogP contribution >= 0.6 is 11.8 Å². The van der Waals surface area contributed by atoms with E-state index >= 15 is 0 Å². The summed E-state index contributed by atoms with van der Waals surface area (Å²) in [6, 6.07) is 1.82. The molecule has 0 spiro atoms. The largest absolute Gasteiger partial charge is 0.481 e. The number of aliphatic carboxylic acids is 1. The number of rotatable bonds is 4. The summed E-state index contributed by atoms with van der Waals surface area (Å²) in [5.41, 5.74) is -0.559. The summed E-state index contributed by atoms with van der Waals surface area (Å²) in [6.07, 6.45) is 1.16. The third-order valence-electron chi connectivity index (χ3n) is 3.22.